The first-order valence-corrected chi connectivity index (χ1v) is 5.26. The van der Waals surface area contributed by atoms with Crippen LogP contribution in [0.25, 0.3) is 0 Å². The molecule has 0 spiro atoms. The number of nitrogens with one attached hydrogen (secondary N) is 1. The first kappa shape index (κ1) is 10.3. The third kappa shape index (κ3) is 2.07. The normalized spacial score (nSPS) is 17.2. The van der Waals surface area contributed by atoms with Crippen molar-refractivity contribution in [3.8, 4) is 0 Å². The van der Waals surface area contributed by atoms with Crippen molar-refractivity contribution in [2.75, 3.05) is 5.73 Å². The Bertz CT molecular complexity index is 393. The molecule has 1 aromatic rings. The molecule has 3 nitrogen and oxygen atoms in total. The van der Waals surface area contributed by atoms with Gasteiger partial charge in [0.1, 0.15) is 0 Å². The molecule has 1 saturated carbocycles. The van der Waals surface area contributed by atoms with Gasteiger partial charge in [-0.05, 0) is 31.9 Å². The molecule has 1 fully saturated rings. The molecular formula is C11H13ClN2O. The summed E-state index contributed by atoms with van der Waals surface area (Å²) in [7, 11) is 0. The second-order valence-electron chi connectivity index (χ2n) is 4.22. The maximum atomic E-state index is 11.9. The lowest BCUT2D eigenvalue weighted by atomic mass is 10.1. The molecule has 0 aromatic heterocycles. The number of nitrogens with two attached hydrogens (primary N) is 1. The first-order chi connectivity index (χ1) is 7.02. The van der Waals surface area contributed by atoms with Crippen LogP contribution in [-0.4, -0.2) is 11.4 Å². The second-order valence-corrected chi connectivity index (χ2v) is 4.63. The third-order valence-electron chi connectivity index (χ3n) is 2.69. The van der Waals surface area contributed by atoms with Gasteiger partial charge < -0.3 is 11.1 Å². The molecule has 0 heterocycles. The van der Waals surface area contributed by atoms with E-state index in [1.807, 2.05) is 6.92 Å². The van der Waals surface area contributed by atoms with Gasteiger partial charge >= 0.3 is 0 Å². The van der Waals surface area contributed by atoms with Gasteiger partial charge in [0, 0.05) is 11.2 Å². The molecular weight excluding hydrogens is 212 g/mol. The minimum atomic E-state index is -0.182. The van der Waals surface area contributed by atoms with E-state index in [-0.39, 0.29) is 11.4 Å². The first-order valence-electron chi connectivity index (χ1n) is 4.88. The number of halogens is 1. The molecule has 0 aliphatic heterocycles. The molecule has 0 bridgehead atoms. The topological polar surface area (TPSA) is 55.1 Å². The van der Waals surface area contributed by atoms with Crippen molar-refractivity contribution in [1.82, 2.24) is 5.32 Å². The zero-order chi connectivity index (χ0) is 11.1. The van der Waals surface area contributed by atoms with Crippen LogP contribution in [0.15, 0.2) is 18.2 Å². The number of anilines is 1. The fourth-order valence-corrected chi connectivity index (χ4v) is 1.70. The minimum Gasteiger partial charge on any atom is -0.398 e. The molecule has 4 heteroatoms. The number of rotatable bonds is 2. The molecule has 1 aliphatic rings. The highest BCUT2D eigenvalue weighted by Crippen LogP contribution is 2.35. The average molecular weight is 225 g/mol. The van der Waals surface area contributed by atoms with Crippen LogP contribution in [0.3, 0.4) is 0 Å². The Hall–Kier alpha value is -1.22. The number of carbonyl (C=O) groups excluding carboxylic acids is 1. The smallest absolute Gasteiger partial charge is 0.255 e. The maximum absolute atomic E-state index is 11.9. The average Bonchev–Trinajstić information content (AvgIpc) is 2.82. The van der Waals surface area contributed by atoms with Crippen molar-refractivity contribution < 1.29 is 4.79 Å². The van der Waals surface area contributed by atoms with Gasteiger partial charge in [-0.15, -0.1) is 0 Å². The predicted molar refractivity (Wildman–Crippen MR) is 61.0 cm³/mol. The van der Waals surface area contributed by atoms with E-state index in [0.717, 1.165) is 12.8 Å². The van der Waals surface area contributed by atoms with Crippen molar-refractivity contribution in [3.63, 3.8) is 0 Å². The van der Waals surface area contributed by atoms with Crippen LogP contribution in [0.5, 0.6) is 0 Å². The van der Waals surface area contributed by atoms with Crippen LogP contribution < -0.4 is 11.1 Å². The number of amides is 1. The van der Waals surface area contributed by atoms with Crippen molar-refractivity contribution in [2.24, 2.45) is 0 Å². The molecule has 3 N–H and O–H groups in total. The van der Waals surface area contributed by atoms with E-state index in [4.69, 9.17) is 17.3 Å². The van der Waals surface area contributed by atoms with Gasteiger partial charge in [0.15, 0.2) is 0 Å². The fourth-order valence-electron chi connectivity index (χ4n) is 1.43. The highest BCUT2D eigenvalue weighted by Gasteiger charge is 2.39. The third-order valence-corrected chi connectivity index (χ3v) is 3.00. The minimum absolute atomic E-state index is 0.0529. The monoisotopic (exact) mass is 224 g/mol. The lowest BCUT2D eigenvalue weighted by Crippen LogP contribution is -2.34. The zero-order valence-electron chi connectivity index (χ0n) is 8.51. The molecule has 80 valence electrons. The standard InChI is InChI=1S/C11H13ClN2O/c1-11(5-6-11)14-10(15)9-7(12)3-2-4-8(9)13/h2-4H,5-6,13H2,1H3,(H,14,15). The molecule has 0 atom stereocenters. The van der Waals surface area contributed by atoms with Crippen LogP contribution in [0.1, 0.15) is 30.1 Å². The van der Waals surface area contributed by atoms with Crippen molar-refractivity contribution >= 4 is 23.2 Å². The summed E-state index contributed by atoms with van der Waals surface area (Å²) in [6.45, 7) is 2.01. The summed E-state index contributed by atoms with van der Waals surface area (Å²) in [5.41, 5.74) is 6.47. The summed E-state index contributed by atoms with van der Waals surface area (Å²) in [5.74, 6) is -0.182. The van der Waals surface area contributed by atoms with Crippen molar-refractivity contribution in [3.05, 3.63) is 28.8 Å². The van der Waals surface area contributed by atoms with Gasteiger partial charge in [0.2, 0.25) is 0 Å². The Labute approximate surface area is 93.6 Å². The fraction of sp³-hybridized carbons (Fsp3) is 0.364. The highest BCUT2D eigenvalue weighted by atomic mass is 35.5. The van der Waals surface area contributed by atoms with E-state index in [0.29, 0.717) is 16.3 Å². The molecule has 2 rings (SSSR count). The number of hydrogen-bond acceptors (Lipinski definition) is 2. The van der Waals surface area contributed by atoms with Crippen molar-refractivity contribution in [2.45, 2.75) is 25.3 Å². The van der Waals surface area contributed by atoms with Crippen LogP contribution in [0, 0.1) is 0 Å². The summed E-state index contributed by atoms with van der Waals surface area (Å²) in [6.07, 6.45) is 2.03. The van der Waals surface area contributed by atoms with Crippen LogP contribution in [0.2, 0.25) is 5.02 Å². The van der Waals surface area contributed by atoms with E-state index >= 15 is 0 Å². The number of benzene rings is 1. The van der Waals surface area contributed by atoms with Gasteiger partial charge in [-0.1, -0.05) is 17.7 Å². The largest absolute Gasteiger partial charge is 0.398 e. The Morgan fingerprint density at radius 2 is 2.20 bits per heavy atom. The van der Waals surface area contributed by atoms with Gasteiger partial charge in [-0.2, -0.15) is 0 Å². The molecule has 0 unspecified atom stereocenters. The van der Waals surface area contributed by atoms with Gasteiger partial charge in [0.05, 0.1) is 10.6 Å². The maximum Gasteiger partial charge on any atom is 0.255 e. The summed E-state index contributed by atoms with van der Waals surface area (Å²) < 4.78 is 0. The van der Waals surface area contributed by atoms with Gasteiger partial charge in [-0.3, -0.25) is 4.79 Å². The van der Waals surface area contributed by atoms with Crippen molar-refractivity contribution in [1.29, 1.82) is 0 Å². The van der Waals surface area contributed by atoms with Gasteiger partial charge in [0.25, 0.3) is 5.91 Å². The SMILES string of the molecule is CC1(NC(=O)c2c(N)cccc2Cl)CC1. The zero-order valence-corrected chi connectivity index (χ0v) is 9.27. The van der Waals surface area contributed by atoms with Crippen LogP contribution in [-0.2, 0) is 0 Å². The molecule has 1 amide bonds. The lowest BCUT2D eigenvalue weighted by molar-refractivity contribution is 0.0936. The summed E-state index contributed by atoms with van der Waals surface area (Å²) in [4.78, 5) is 11.9. The van der Waals surface area contributed by atoms with E-state index in [9.17, 15) is 4.79 Å². The highest BCUT2D eigenvalue weighted by molar-refractivity contribution is 6.34. The summed E-state index contributed by atoms with van der Waals surface area (Å²) in [6, 6.07) is 5.07. The Kier molecular flexibility index (Phi) is 2.35. The van der Waals surface area contributed by atoms with Crippen LogP contribution >= 0.6 is 11.6 Å². The molecule has 0 radical (unpaired) electrons. The van der Waals surface area contributed by atoms with E-state index in [1.165, 1.54) is 0 Å². The Balaban J connectivity index is 2.25. The Morgan fingerprint density at radius 1 is 1.53 bits per heavy atom. The Morgan fingerprint density at radius 3 is 2.73 bits per heavy atom. The number of nitrogen functional groups attached to an aromatic ring is 1. The van der Waals surface area contributed by atoms with E-state index < -0.39 is 0 Å². The molecule has 1 aliphatic carbocycles. The lowest BCUT2D eigenvalue weighted by Gasteiger charge is -2.13. The molecule has 1 aromatic carbocycles. The van der Waals surface area contributed by atoms with E-state index in [2.05, 4.69) is 5.32 Å². The predicted octanol–water partition coefficient (Wildman–Crippen LogP) is 2.20. The van der Waals surface area contributed by atoms with Gasteiger partial charge in [-0.25, -0.2) is 0 Å². The number of hydrogen-bond donors (Lipinski definition) is 2. The quantitative estimate of drug-likeness (QED) is 0.757. The summed E-state index contributed by atoms with van der Waals surface area (Å²) >= 11 is 5.93. The second kappa shape index (κ2) is 3.42. The van der Waals surface area contributed by atoms with Crippen LogP contribution in [0.4, 0.5) is 5.69 Å². The van der Waals surface area contributed by atoms with E-state index in [1.54, 1.807) is 18.2 Å². The number of carbonyl (C=O) groups is 1. The molecule has 15 heavy (non-hydrogen) atoms. The summed E-state index contributed by atoms with van der Waals surface area (Å²) in [5, 5.41) is 3.32. The molecule has 0 saturated heterocycles.